The fourth-order valence-corrected chi connectivity index (χ4v) is 3.60. The van der Waals surface area contributed by atoms with Crippen LogP contribution in [0.3, 0.4) is 0 Å². The number of thiophene rings is 1. The number of halogens is 1. The molecule has 6 nitrogen and oxygen atoms in total. The molecule has 0 aliphatic heterocycles. The highest BCUT2D eigenvalue weighted by Gasteiger charge is 2.25. The van der Waals surface area contributed by atoms with Crippen LogP contribution in [0.1, 0.15) is 50.8 Å². The van der Waals surface area contributed by atoms with E-state index in [1.165, 1.54) is 11.3 Å². The Labute approximate surface area is 149 Å². The van der Waals surface area contributed by atoms with Crippen molar-refractivity contribution in [2.45, 2.75) is 41.2 Å². The van der Waals surface area contributed by atoms with Crippen molar-refractivity contribution < 1.29 is 14.3 Å². The number of carbonyl (C=O) groups excluding carboxylic acids is 2. The molecule has 0 fully saturated rings. The molecule has 0 unspecified atom stereocenters. The minimum Gasteiger partial charge on any atom is -0.462 e. The topological polar surface area (TPSA) is 73.2 Å². The van der Waals surface area contributed by atoms with Crippen molar-refractivity contribution in [3.8, 4) is 0 Å². The molecule has 24 heavy (non-hydrogen) atoms. The Balaban J connectivity index is 2.40. The van der Waals surface area contributed by atoms with Crippen LogP contribution in [0.4, 0.5) is 5.00 Å². The van der Waals surface area contributed by atoms with E-state index in [0.29, 0.717) is 27.8 Å². The molecule has 0 spiro atoms. The summed E-state index contributed by atoms with van der Waals surface area (Å²) in [6.45, 7) is 9.88. The number of hydrogen-bond acceptors (Lipinski definition) is 5. The summed E-state index contributed by atoms with van der Waals surface area (Å²) in [6.07, 6.45) is 0. The molecule has 2 rings (SSSR count). The summed E-state index contributed by atoms with van der Waals surface area (Å²) in [6, 6.07) is 0. The summed E-state index contributed by atoms with van der Waals surface area (Å²) >= 11 is 7.55. The highest BCUT2D eigenvalue weighted by atomic mass is 35.5. The Hall–Kier alpha value is -1.86. The van der Waals surface area contributed by atoms with Crippen LogP contribution < -0.4 is 5.32 Å². The molecule has 0 aromatic carbocycles. The van der Waals surface area contributed by atoms with Gasteiger partial charge in [0.2, 0.25) is 0 Å². The molecule has 8 heteroatoms. The molecule has 0 saturated carbocycles. The van der Waals surface area contributed by atoms with Crippen molar-refractivity contribution in [1.29, 1.82) is 0 Å². The van der Waals surface area contributed by atoms with Gasteiger partial charge >= 0.3 is 5.97 Å². The van der Waals surface area contributed by atoms with Crippen LogP contribution in [0.5, 0.6) is 0 Å². The molecule has 2 aromatic heterocycles. The van der Waals surface area contributed by atoms with Gasteiger partial charge in [0.05, 0.1) is 22.9 Å². The molecule has 130 valence electrons. The number of aryl methyl sites for hydroxylation is 3. The second-order valence-electron chi connectivity index (χ2n) is 5.23. The van der Waals surface area contributed by atoms with E-state index < -0.39 is 11.9 Å². The predicted octanol–water partition coefficient (Wildman–Crippen LogP) is 3.97. The SMILES string of the molecule is CCOC(=O)c1c(NC(=O)c2c(Cl)c(C)nn2CC)sc(C)c1C. The molecule has 1 amide bonds. The number of nitrogens with zero attached hydrogens (tertiary/aromatic N) is 2. The van der Waals surface area contributed by atoms with Crippen LogP contribution in [-0.4, -0.2) is 28.3 Å². The quantitative estimate of drug-likeness (QED) is 0.809. The number of hydrogen-bond donors (Lipinski definition) is 1. The Bertz CT molecular complexity index is 795. The number of ether oxygens (including phenoxy) is 1. The van der Waals surface area contributed by atoms with Crippen molar-refractivity contribution in [2.75, 3.05) is 11.9 Å². The van der Waals surface area contributed by atoms with Gasteiger partial charge < -0.3 is 10.1 Å². The van der Waals surface area contributed by atoms with E-state index in [9.17, 15) is 9.59 Å². The number of aromatic nitrogens is 2. The summed E-state index contributed by atoms with van der Waals surface area (Å²) in [5.74, 6) is -0.838. The van der Waals surface area contributed by atoms with E-state index in [1.807, 2.05) is 20.8 Å². The minimum atomic E-state index is -0.444. The van der Waals surface area contributed by atoms with Crippen molar-refractivity contribution in [1.82, 2.24) is 9.78 Å². The lowest BCUT2D eigenvalue weighted by atomic mass is 10.1. The van der Waals surface area contributed by atoms with Gasteiger partial charge in [-0.1, -0.05) is 11.6 Å². The molecule has 0 bridgehead atoms. The van der Waals surface area contributed by atoms with E-state index in [1.54, 1.807) is 18.5 Å². The molecular formula is C16H20ClN3O3S. The zero-order chi connectivity index (χ0) is 18.0. The van der Waals surface area contributed by atoms with Gasteiger partial charge in [0.25, 0.3) is 5.91 Å². The molecule has 0 radical (unpaired) electrons. The fourth-order valence-electron chi connectivity index (χ4n) is 2.33. The van der Waals surface area contributed by atoms with Gasteiger partial charge in [-0.05, 0) is 40.2 Å². The maximum absolute atomic E-state index is 12.7. The Morgan fingerprint density at radius 1 is 1.29 bits per heavy atom. The monoisotopic (exact) mass is 369 g/mol. The van der Waals surface area contributed by atoms with Crippen molar-refractivity contribution in [2.24, 2.45) is 0 Å². The molecular weight excluding hydrogens is 350 g/mol. The highest BCUT2D eigenvalue weighted by molar-refractivity contribution is 7.16. The summed E-state index contributed by atoms with van der Waals surface area (Å²) in [5, 5.41) is 7.81. The number of amides is 1. The van der Waals surface area contributed by atoms with Gasteiger partial charge in [0, 0.05) is 11.4 Å². The van der Waals surface area contributed by atoms with Gasteiger partial charge in [-0.15, -0.1) is 11.3 Å². The maximum atomic E-state index is 12.7. The zero-order valence-electron chi connectivity index (χ0n) is 14.3. The van der Waals surface area contributed by atoms with Gasteiger partial charge in [0.15, 0.2) is 0 Å². The van der Waals surface area contributed by atoms with E-state index in [2.05, 4.69) is 10.4 Å². The van der Waals surface area contributed by atoms with Gasteiger partial charge in [-0.2, -0.15) is 5.10 Å². The molecule has 0 atom stereocenters. The second-order valence-corrected chi connectivity index (χ2v) is 6.83. The largest absolute Gasteiger partial charge is 0.462 e. The van der Waals surface area contributed by atoms with Crippen LogP contribution >= 0.6 is 22.9 Å². The van der Waals surface area contributed by atoms with Crippen molar-refractivity contribution >= 4 is 39.8 Å². The van der Waals surface area contributed by atoms with E-state index >= 15 is 0 Å². The molecule has 0 aliphatic rings. The lowest BCUT2D eigenvalue weighted by Crippen LogP contribution is -2.19. The Morgan fingerprint density at radius 2 is 1.96 bits per heavy atom. The molecule has 2 aromatic rings. The van der Waals surface area contributed by atoms with Gasteiger partial charge in [-0.25, -0.2) is 4.79 Å². The summed E-state index contributed by atoms with van der Waals surface area (Å²) in [4.78, 5) is 25.8. The van der Waals surface area contributed by atoms with Crippen LogP contribution in [0.25, 0.3) is 0 Å². The van der Waals surface area contributed by atoms with Gasteiger partial charge in [-0.3, -0.25) is 9.48 Å². The lowest BCUT2D eigenvalue weighted by molar-refractivity contribution is 0.0527. The average molecular weight is 370 g/mol. The molecule has 1 N–H and O–H groups in total. The minimum absolute atomic E-state index is 0.272. The summed E-state index contributed by atoms with van der Waals surface area (Å²) in [7, 11) is 0. The number of anilines is 1. The number of nitrogens with one attached hydrogen (secondary N) is 1. The number of rotatable bonds is 5. The molecule has 0 saturated heterocycles. The van der Waals surface area contributed by atoms with E-state index in [0.717, 1.165) is 10.4 Å². The first-order valence-electron chi connectivity index (χ1n) is 7.63. The predicted molar refractivity (Wildman–Crippen MR) is 95.4 cm³/mol. The fraction of sp³-hybridized carbons (Fsp3) is 0.438. The van der Waals surface area contributed by atoms with Crippen LogP contribution in [-0.2, 0) is 11.3 Å². The standard InChI is InChI=1S/C16H20ClN3O3S/c1-6-20-13(12(17)9(4)19-20)14(21)18-15-11(16(22)23-7-2)8(3)10(5)24-15/h6-7H2,1-5H3,(H,18,21). The second kappa shape index (κ2) is 7.36. The first kappa shape index (κ1) is 18.5. The van der Waals surface area contributed by atoms with Crippen molar-refractivity contribution in [3.05, 3.63) is 32.4 Å². The lowest BCUT2D eigenvalue weighted by Gasteiger charge is -2.08. The summed E-state index contributed by atoms with van der Waals surface area (Å²) in [5.41, 5.74) is 2.08. The number of esters is 1. The first-order chi connectivity index (χ1) is 11.3. The molecule has 0 aliphatic carbocycles. The molecule has 2 heterocycles. The Kier molecular flexibility index (Phi) is 5.66. The van der Waals surface area contributed by atoms with Crippen LogP contribution in [0, 0.1) is 20.8 Å². The van der Waals surface area contributed by atoms with E-state index in [4.69, 9.17) is 16.3 Å². The Morgan fingerprint density at radius 3 is 2.54 bits per heavy atom. The van der Waals surface area contributed by atoms with Crippen molar-refractivity contribution in [3.63, 3.8) is 0 Å². The third kappa shape index (κ3) is 3.32. The van der Waals surface area contributed by atoms with Crippen LogP contribution in [0.2, 0.25) is 5.02 Å². The highest BCUT2D eigenvalue weighted by Crippen LogP contribution is 2.34. The average Bonchev–Trinajstić information content (AvgIpc) is 2.96. The van der Waals surface area contributed by atoms with E-state index in [-0.39, 0.29) is 12.3 Å². The number of carbonyl (C=O) groups is 2. The van der Waals surface area contributed by atoms with Crippen LogP contribution in [0.15, 0.2) is 0 Å². The summed E-state index contributed by atoms with van der Waals surface area (Å²) < 4.78 is 6.64. The zero-order valence-corrected chi connectivity index (χ0v) is 15.9. The smallest absolute Gasteiger partial charge is 0.341 e. The maximum Gasteiger partial charge on any atom is 0.341 e. The first-order valence-corrected chi connectivity index (χ1v) is 8.82. The third-order valence-electron chi connectivity index (χ3n) is 3.66. The van der Waals surface area contributed by atoms with Gasteiger partial charge in [0.1, 0.15) is 10.7 Å². The third-order valence-corrected chi connectivity index (χ3v) is 5.24. The normalized spacial score (nSPS) is 10.8.